The number of halogens is 3. The molecule has 0 fully saturated rings. The Bertz CT molecular complexity index is 486. The van der Waals surface area contributed by atoms with Crippen LogP contribution in [0.2, 0.25) is 5.02 Å². The Labute approximate surface area is 97.5 Å². The highest BCUT2D eigenvalue weighted by Crippen LogP contribution is 2.26. The van der Waals surface area contributed by atoms with E-state index >= 15 is 0 Å². The van der Waals surface area contributed by atoms with Gasteiger partial charge in [-0.25, -0.2) is 8.78 Å². The third-order valence-electron chi connectivity index (χ3n) is 2.42. The summed E-state index contributed by atoms with van der Waals surface area (Å²) >= 11 is 5.67. The van der Waals surface area contributed by atoms with E-state index in [-0.39, 0.29) is 10.8 Å². The van der Waals surface area contributed by atoms with Gasteiger partial charge < -0.3 is 0 Å². The number of rotatable bonds is 1. The number of aryl methyl sites for hydroxylation is 1. The van der Waals surface area contributed by atoms with E-state index in [2.05, 4.69) is 0 Å². The van der Waals surface area contributed by atoms with Crippen LogP contribution in [0.3, 0.4) is 0 Å². The van der Waals surface area contributed by atoms with Crippen LogP contribution in [-0.2, 0) is 0 Å². The third-order valence-corrected chi connectivity index (χ3v) is 2.71. The van der Waals surface area contributed by atoms with Gasteiger partial charge in [0.15, 0.2) is 0 Å². The fourth-order valence-corrected chi connectivity index (χ4v) is 1.63. The van der Waals surface area contributed by atoms with Crippen LogP contribution in [-0.4, -0.2) is 0 Å². The van der Waals surface area contributed by atoms with Crippen molar-refractivity contribution in [2.75, 3.05) is 0 Å². The molecule has 0 aliphatic rings. The van der Waals surface area contributed by atoms with Crippen LogP contribution in [0.1, 0.15) is 5.56 Å². The van der Waals surface area contributed by atoms with Crippen molar-refractivity contribution >= 4 is 11.6 Å². The molecule has 16 heavy (non-hydrogen) atoms. The van der Waals surface area contributed by atoms with Gasteiger partial charge in [-0.1, -0.05) is 29.8 Å². The average molecular weight is 239 g/mol. The Kier molecular flexibility index (Phi) is 2.92. The lowest BCUT2D eigenvalue weighted by Crippen LogP contribution is -1.85. The van der Waals surface area contributed by atoms with Gasteiger partial charge in [0.05, 0.1) is 5.02 Å². The van der Waals surface area contributed by atoms with Crippen LogP contribution in [0.4, 0.5) is 8.78 Å². The molecule has 82 valence electrons. The van der Waals surface area contributed by atoms with Crippen LogP contribution in [0, 0.1) is 18.6 Å². The number of benzene rings is 2. The van der Waals surface area contributed by atoms with E-state index in [0.717, 1.165) is 0 Å². The summed E-state index contributed by atoms with van der Waals surface area (Å²) in [7, 11) is 0. The highest BCUT2D eigenvalue weighted by molar-refractivity contribution is 6.31. The first kappa shape index (κ1) is 11.1. The summed E-state index contributed by atoms with van der Waals surface area (Å²) in [6.45, 7) is 1.69. The molecule has 0 unspecified atom stereocenters. The predicted molar refractivity (Wildman–Crippen MR) is 61.5 cm³/mol. The molecule has 2 aromatic rings. The lowest BCUT2D eigenvalue weighted by atomic mass is 10.0. The smallest absolute Gasteiger partial charge is 0.141 e. The first-order valence-corrected chi connectivity index (χ1v) is 5.17. The molecule has 0 amide bonds. The summed E-state index contributed by atoms with van der Waals surface area (Å²) in [6, 6.07) is 9.21. The summed E-state index contributed by atoms with van der Waals surface area (Å²) in [5, 5.41) is 0.0403. The van der Waals surface area contributed by atoms with Gasteiger partial charge in [-0.15, -0.1) is 0 Å². The molecule has 3 heteroatoms. The second-order valence-electron chi connectivity index (χ2n) is 3.59. The summed E-state index contributed by atoms with van der Waals surface area (Å²) in [5.74, 6) is -0.754. The fourth-order valence-electron chi connectivity index (χ4n) is 1.45. The van der Waals surface area contributed by atoms with Crippen LogP contribution in [0.25, 0.3) is 11.1 Å². The maximum absolute atomic E-state index is 13.3. The highest BCUT2D eigenvalue weighted by Gasteiger charge is 2.05. The molecule has 0 radical (unpaired) electrons. The van der Waals surface area contributed by atoms with Crippen LogP contribution in [0.15, 0.2) is 36.4 Å². The van der Waals surface area contributed by atoms with E-state index in [9.17, 15) is 8.78 Å². The Morgan fingerprint density at radius 2 is 1.50 bits per heavy atom. The molecule has 0 saturated heterocycles. The van der Waals surface area contributed by atoms with E-state index in [4.69, 9.17) is 11.6 Å². The van der Waals surface area contributed by atoms with Gasteiger partial charge in [0.2, 0.25) is 0 Å². The van der Waals surface area contributed by atoms with Crippen molar-refractivity contribution < 1.29 is 8.78 Å². The molecule has 0 atom stereocenters. The maximum atomic E-state index is 13.3. The summed E-state index contributed by atoms with van der Waals surface area (Å²) in [5.41, 5.74) is 1.97. The van der Waals surface area contributed by atoms with E-state index in [1.54, 1.807) is 25.1 Å². The van der Waals surface area contributed by atoms with Crippen molar-refractivity contribution in [3.05, 3.63) is 58.6 Å². The minimum absolute atomic E-state index is 0.0403. The minimum Gasteiger partial charge on any atom is -0.207 e. The first-order chi connectivity index (χ1) is 7.58. The van der Waals surface area contributed by atoms with Crippen LogP contribution in [0.5, 0.6) is 0 Å². The quantitative estimate of drug-likeness (QED) is 0.682. The zero-order chi connectivity index (χ0) is 11.7. The Balaban J connectivity index is 2.50. The monoisotopic (exact) mass is 238 g/mol. The molecule has 2 aromatic carbocycles. The molecule has 0 saturated carbocycles. The average Bonchev–Trinajstić information content (AvgIpc) is 2.26. The largest absolute Gasteiger partial charge is 0.207 e. The zero-order valence-corrected chi connectivity index (χ0v) is 9.35. The SMILES string of the molecule is Cc1ccc(-c2ccc(F)c(Cl)c2)cc1F. The molecule has 0 spiro atoms. The lowest BCUT2D eigenvalue weighted by molar-refractivity contribution is 0.619. The van der Waals surface area contributed by atoms with Crippen LogP contribution >= 0.6 is 11.6 Å². The van der Waals surface area contributed by atoms with Gasteiger partial charge in [0, 0.05) is 0 Å². The second-order valence-corrected chi connectivity index (χ2v) is 4.00. The topological polar surface area (TPSA) is 0 Å². The van der Waals surface area contributed by atoms with E-state index in [1.165, 1.54) is 18.2 Å². The molecule has 0 aliphatic heterocycles. The lowest BCUT2D eigenvalue weighted by Gasteiger charge is -2.04. The Morgan fingerprint density at radius 1 is 0.875 bits per heavy atom. The molecular weight excluding hydrogens is 230 g/mol. The van der Waals surface area contributed by atoms with Crippen molar-refractivity contribution in [2.24, 2.45) is 0 Å². The summed E-state index contributed by atoms with van der Waals surface area (Å²) < 4.78 is 26.3. The number of hydrogen-bond acceptors (Lipinski definition) is 0. The molecule has 0 aromatic heterocycles. The van der Waals surface area contributed by atoms with Crippen molar-refractivity contribution in [2.45, 2.75) is 6.92 Å². The maximum Gasteiger partial charge on any atom is 0.141 e. The van der Waals surface area contributed by atoms with E-state index in [1.807, 2.05) is 0 Å². The van der Waals surface area contributed by atoms with Crippen LogP contribution < -0.4 is 0 Å². The van der Waals surface area contributed by atoms with E-state index in [0.29, 0.717) is 16.7 Å². The van der Waals surface area contributed by atoms with Crippen molar-refractivity contribution in [1.82, 2.24) is 0 Å². The van der Waals surface area contributed by atoms with Crippen molar-refractivity contribution in [3.63, 3.8) is 0 Å². The molecule has 0 heterocycles. The first-order valence-electron chi connectivity index (χ1n) is 4.79. The fraction of sp³-hybridized carbons (Fsp3) is 0.0769. The molecule has 0 N–H and O–H groups in total. The Hall–Kier alpha value is -1.41. The predicted octanol–water partition coefficient (Wildman–Crippen LogP) is 4.59. The summed E-state index contributed by atoms with van der Waals surface area (Å²) in [6.07, 6.45) is 0. The second kappa shape index (κ2) is 4.22. The van der Waals surface area contributed by atoms with Crippen molar-refractivity contribution in [1.29, 1.82) is 0 Å². The standard InChI is InChI=1S/C13H9ClF2/c1-8-2-3-10(7-13(8)16)9-4-5-12(15)11(14)6-9/h2-7H,1H3. The summed E-state index contributed by atoms with van der Waals surface area (Å²) in [4.78, 5) is 0. The van der Waals surface area contributed by atoms with Gasteiger partial charge in [-0.3, -0.25) is 0 Å². The minimum atomic E-state index is -0.474. The van der Waals surface area contributed by atoms with Gasteiger partial charge in [0.1, 0.15) is 11.6 Å². The molecular formula is C13H9ClF2. The van der Waals surface area contributed by atoms with Gasteiger partial charge in [-0.05, 0) is 41.8 Å². The third kappa shape index (κ3) is 2.07. The van der Waals surface area contributed by atoms with Crippen molar-refractivity contribution in [3.8, 4) is 11.1 Å². The highest BCUT2D eigenvalue weighted by atomic mass is 35.5. The van der Waals surface area contributed by atoms with Gasteiger partial charge in [0.25, 0.3) is 0 Å². The zero-order valence-electron chi connectivity index (χ0n) is 8.60. The van der Waals surface area contributed by atoms with Gasteiger partial charge >= 0.3 is 0 Å². The molecule has 0 aliphatic carbocycles. The number of hydrogen-bond donors (Lipinski definition) is 0. The van der Waals surface area contributed by atoms with E-state index < -0.39 is 5.82 Å². The molecule has 2 rings (SSSR count). The normalized spacial score (nSPS) is 10.5. The molecule has 0 nitrogen and oxygen atoms in total. The molecule has 0 bridgehead atoms. The van der Waals surface area contributed by atoms with Gasteiger partial charge in [-0.2, -0.15) is 0 Å². The Morgan fingerprint density at radius 3 is 2.12 bits per heavy atom.